The third-order valence-electron chi connectivity index (χ3n) is 12.1. The molecule has 0 N–H and O–H groups in total. The second-order valence-electron chi connectivity index (χ2n) is 18.8. The average molecular weight is 725 g/mol. The van der Waals surface area contributed by atoms with Crippen LogP contribution in [0.4, 0.5) is 0 Å². The first kappa shape index (κ1) is 38.9. The highest BCUT2D eigenvalue weighted by Gasteiger charge is 2.50. The third kappa shape index (κ3) is 6.66. The van der Waals surface area contributed by atoms with Crippen LogP contribution in [0.15, 0.2) is 59.7 Å². The second-order valence-corrected chi connectivity index (χ2v) is 23.6. The molecule has 2 aliphatic carbocycles. The van der Waals surface area contributed by atoms with Crippen molar-refractivity contribution in [3.05, 3.63) is 115 Å². The molecule has 280 valence electrons. The first-order valence-electron chi connectivity index (χ1n) is 19.9. The summed E-state index contributed by atoms with van der Waals surface area (Å²) in [6, 6.07) is 19.1. The van der Waals surface area contributed by atoms with Crippen LogP contribution in [-0.4, -0.2) is 22.3 Å². The van der Waals surface area contributed by atoms with Gasteiger partial charge in [-0.2, -0.15) is 0 Å². The topological polar surface area (TPSA) is 18.5 Å². The standard InChI is InChI=1S/C50H64O2Si/c1-17-33-25-37-39(27-41(49(7,8)9)45(51-13)43(37)35-21-29(3)19-30(4)22-35)47(33)53(15,16)48-34(18-2)26-38-40(48)28-42(50(10,11)12)46(52-14)44(38)36-23-31(5)20-32(6)24-36/h19-28,47-48H,17-18H2,1-16H3. The Kier molecular flexibility index (Phi) is 10.1. The van der Waals surface area contributed by atoms with Gasteiger partial charge in [0.15, 0.2) is 0 Å². The quantitative estimate of drug-likeness (QED) is 0.168. The van der Waals surface area contributed by atoms with E-state index in [0.29, 0.717) is 11.1 Å². The van der Waals surface area contributed by atoms with Gasteiger partial charge in [0.1, 0.15) is 11.5 Å². The van der Waals surface area contributed by atoms with Crippen molar-refractivity contribution < 1.29 is 9.47 Å². The molecule has 0 aromatic heterocycles. The monoisotopic (exact) mass is 724 g/mol. The molecule has 0 saturated carbocycles. The molecule has 0 aliphatic heterocycles. The summed E-state index contributed by atoms with van der Waals surface area (Å²) >= 11 is 0. The summed E-state index contributed by atoms with van der Waals surface area (Å²) in [5, 5.41) is 0. The second kappa shape index (κ2) is 13.8. The van der Waals surface area contributed by atoms with E-state index in [4.69, 9.17) is 9.47 Å². The number of rotatable bonds is 8. The SMILES string of the molecule is CCC1=Cc2c(cc(C(C)(C)C)c(OC)c2-c2cc(C)cc(C)c2)C1[Si](C)(C)C1C(CC)=Cc2c1cc(C(C)(C)C)c(OC)c2-c1cc(C)cc(C)c1. The number of hydrogen-bond donors (Lipinski definition) is 0. The van der Waals surface area contributed by atoms with Crippen molar-refractivity contribution in [2.75, 3.05) is 14.2 Å². The summed E-state index contributed by atoms with van der Waals surface area (Å²) in [4.78, 5) is 0. The van der Waals surface area contributed by atoms with Crippen molar-refractivity contribution >= 4 is 20.2 Å². The molecule has 6 rings (SSSR count). The molecule has 0 radical (unpaired) electrons. The molecule has 2 unspecified atom stereocenters. The molecule has 2 nitrogen and oxygen atoms in total. The summed E-state index contributed by atoms with van der Waals surface area (Å²) in [6.45, 7) is 33.0. The molecular weight excluding hydrogens is 661 g/mol. The van der Waals surface area contributed by atoms with E-state index in [0.717, 1.165) is 24.3 Å². The van der Waals surface area contributed by atoms with Gasteiger partial charge in [0.05, 0.1) is 22.3 Å². The maximum absolute atomic E-state index is 6.43. The van der Waals surface area contributed by atoms with E-state index in [1.165, 1.54) is 77.9 Å². The van der Waals surface area contributed by atoms with Crippen molar-refractivity contribution in [1.82, 2.24) is 0 Å². The van der Waals surface area contributed by atoms with Crippen LogP contribution < -0.4 is 9.47 Å². The van der Waals surface area contributed by atoms with Gasteiger partial charge in [-0.3, -0.25) is 0 Å². The lowest BCUT2D eigenvalue weighted by Gasteiger charge is -2.41. The molecule has 0 heterocycles. The van der Waals surface area contributed by atoms with Crippen LogP contribution in [0.3, 0.4) is 0 Å². The Bertz CT molecular complexity index is 1970. The van der Waals surface area contributed by atoms with Crippen molar-refractivity contribution in [3.8, 4) is 33.8 Å². The van der Waals surface area contributed by atoms with Gasteiger partial charge < -0.3 is 9.47 Å². The lowest BCUT2D eigenvalue weighted by atomic mass is 9.81. The maximum atomic E-state index is 6.43. The smallest absolute Gasteiger partial charge is 0.131 e. The molecule has 0 spiro atoms. The Morgan fingerprint density at radius 2 is 0.849 bits per heavy atom. The van der Waals surface area contributed by atoms with Crippen LogP contribution in [0.25, 0.3) is 34.4 Å². The molecule has 2 aliphatic rings. The molecule has 2 atom stereocenters. The van der Waals surface area contributed by atoms with Crippen LogP contribution in [0.2, 0.25) is 13.1 Å². The van der Waals surface area contributed by atoms with Gasteiger partial charge in [0.2, 0.25) is 0 Å². The first-order valence-corrected chi connectivity index (χ1v) is 23.0. The van der Waals surface area contributed by atoms with Gasteiger partial charge in [-0.15, -0.1) is 0 Å². The summed E-state index contributed by atoms with van der Waals surface area (Å²) in [6.07, 6.45) is 7.20. The van der Waals surface area contributed by atoms with Crippen LogP contribution in [0.5, 0.6) is 11.5 Å². The van der Waals surface area contributed by atoms with Gasteiger partial charge in [-0.25, -0.2) is 0 Å². The summed E-state index contributed by atoms with van der Waals surface area (Å²) in [5.41, 5.74) is 22.2. The van der Waals surface area contributed by atoms with E-state index < -0.39 is 8.07 Å². The Morgan fingerprint density at radius 1 is 0.528 bits per heavy atom. The van der Waals surface area contributed by atoms with Crippen LogP contribution in [0, 0.1) is 27.7 Å². The molecule has 4 aromatic rings. The summed E-state index contributed by atoms with van der Waals surface area (Å²) < 4.78 is 12.9. The maximum Gasteiger partial charge on any atom is 0.131 e. The van der Waals surface area contributed by atoms with Gasteiger partial charge in [-0.1, -0.05) is 163 Å². The molecule has 0 bridgehead atoms. The number of hydrogen-bond acceptors (Lipinski definition) is 2. The predicted molar refractivity (Wildman–Crippen MR) is 233 cm³/mol. The summed E-state index contributed by atoms with van der Waals surface area (Å²) in [5.74, 6) is 2.04. The average Bonchev–Trinajstić information content (AvgIpc) is 3.63. The van der Waals surface area contributed by atoms with Gasteiger partial charge in [0.25, 0.3) is 0 Å². The molecule has 0 saturated heterocycles. The Hall–Kier alpha value is -3.82. The van der Waals surface area contributed by atoms with E-state index in [1.54, 1.807) is 11.1 Å². The fourth-order valence-corrected chi connectivity index (χ4v) is 14.9. The minimum atomic E-state index is -2.24. The minimum Gasteiger partial charge on any atom is -0.496 e. The number of fused-ring (bicyclic) bond motifs is 2. The van der Waals surface area contributed by atoms with Crippen LogP contribution >= 0.6 is 0 Å². The number of ether oxygens (including phenoxy) is 2. The molecular formula is C50H64O2Si. The summed E-state index contributed by atoms with van der Waals surface area (Å²) in [7, 11) is 1.49. The molecule has 3 heteroatoms. The zero-order chi connectivity index (χ0) is 38.9. The Labute approximate surface area is 322 Å². The Balaban J connectivity index is 1.67. The van der Waals surface area contributed by atoms with E-state index in [2.05, 4.69) is 157 Å². The molecule has 0 fully saturated rings. The highest BCUT2D eigenvalue weighted by atomic mass is 28.3. The van der Waals surface area contributed by atoms with Crippen LogP contribution in [0.1, 0.15) is 135 Å². The Morgan fingerprint density at radius 3 is 1.11 bits per heavy atom. The van der Waals surface area contributed by atoms with Crippen molar-refractivity contribution in [3.63, 3.8) is 0 Å². The highest BCUT2D eigenvalue weighted by molar-refractivity contribution is 6.81. The van der Waals surface area contributed by atoms with Gasteiger partial charge in [-0.05, 0) is 84.7 Å². The zero-order valence-electron chi connectivity index (χ0n) is 35.7. The van der Waals surface area contributed by atoms with Crippen molar-refractivity contribution in [2.45, 2.75) is 131 Å². The molecule has 4 aromatic carbocycles. The van der Waals surface area contributed by atoms with Crippen molar-refractivity contribution in [2.24, 2.45) is 0 Å². The molecule has 0 amide bonds. The number of benzene rings is 4. The lowest BCUT2D eigenvalue weighted by molar-refractivity contribution is 0.399. The van der Waals surface area contributed by atoms with E-state index in [-0.39, 0.29) is 10.8 Å². The fourth-order valence-electron chi connectivity index (χ4n) is 10.0. The van der Waals surface area contributed by atoms with Gasteiger partial charge in [0, 0.05) is 33.3 Å². The van der Waals surface area contributed by atoms with Gasteiger partial charge >= 0.3 is 0 Å². The molecule has 53 heavy (non-hydrogen) atoms. The number of aryl methyl sites for hydroxylation is 4. The van der Waals surface area contributed by atoms with E-state index in [1.807, 2.05) is 14.2 Å². The first-order chi connectivity index (χ1) is 24.8. The third-order valence-corrected chi connectivity index (χ3v) is 16.4. The lowest BCUT2D eigenvalue weighted by Crippen LogP contribution is -2.43. The van der Waals surface area contributed by atoms with E-state index >= 15 is 0 Å². The number of allylic oxidation sites excluding steroid dienone is 2. The van der Waals surface area contributed by atoms with E-state index in [9.17, 15) is 0 Å². The minimum absolute atomic E-state index is 0.0906. The fraction of sp³-hybridized carbons (Fsp3) is 0.440. The predicted octanol–water partition coefficient (Wildman–Crippen LogP) is 14.1. The van der Waals surface area contributed by atoms with Crippen LogP contribution in [-0.2, 0) is 10.8 Å². The largest absolute Gasteiger partial charge is 0.496 e. The normalized spacial score (nSPS) is 17.1. The number of methoxy groups -OCH3 is 2. The highest BCUT2D eigenvalue weighted by Crippen LogP contribution is 2.59. The zero-order valence-corrected chi connectivity index (χ0v) is 36.7. The van der Waals surface area contributed by atoms with Crippen molar-refractivity contribution in [1.29, 1.82) is 0 Å².